The molecular formula is C9H11FN4. The molecule has 74 valence electrons. The molecule has 2 aromatic heterocycles. The van der Waals surface area contributed by atoms with Crippen LogP contribution in [0.2, 0.25) is 0 Å². The average molecular weight is 194 g/mol. The van der Waals surface area contributed by atoms with E-state index >= 15 is 0 Å². The van der Waals surface area contributed by atoms with E-state index in [1.807, 2.05) is 24.4 Å². The maximum atomic E-state index is 12.1. The first-order valence-corrected chi connectivity index (χ1v) is 4.40. The third-order valence-corrected chi connectivity index (χ3v) is 1.99. The molecule has 0 unspecified atom stereocenters. The molecule has 0 amide bonds. The van der Waals surface area contributed by atoms with Gasteiger partial charge in [0, 0.05) is 19.8 Å². The lowest BCUT2D eigenvalue weighted by Crippen LogP contribution is -2.21. The number of halogens is 1. The largest absolute Gasteiger partial charge is 0.340 e. The van der Waals surface area contributed by atoms with Crippen molar-refractivity contribution in [1.82, 2.24) is 14.6 Å². The summed E-state index contributed by atoms with van der Waals surface area (Å²) in [6, 6.07) is 5.63. The van der Waals surface area contributed by atoms with Gasteiger partial charge >= 0.3 is 0 Å². The van der Waals surface area contributed by atoms with Gasteiger partial charge in [-0.2, -0.15) is 4.98 Å². The fourth-order valence-electron chi connectivity index (χ4n) is 1.21. The molecule has 0 spiro atoms. The Morgan fingerprint density at radius 1 is 1.50 bits per heavy atom. The molecule has 14 heavy (non-hydrogen) atoms. The minimum Gasteiger partial charge on any atom is -0.340 e. The lowest BCUT2D eigenvalue weighted by molar-refractivity contribution is 0.495. The molecule has 0 bridgehead atoms. The Morgan fingerprint density at radius 3 is 3.07 bits per heavy atom. The summed E-state index contributed by atoms with van der Waals surface area (Å²) in [5.74, 6) is 0.550. The summed E-state index contributed by atoms with van der Waals surface area (Å²) in [6.45, 7) is -0.0804. The molecule has 0 saturated carbocycles. The molecule has 0 N–H and O–H groups in total. The van der Waals surface area contributed by atoms with Crippen molar-refractivity contribution in [1.29, 1.82) is 0 Å². The van der Waals surface area contributed by atoms with E-state index in [-0.39, 0.29) is 0 Å². The van der Waals surface area contributed by atoms with E-state index in [4.69, 9.17) is 0 Å². The zero-order chi connectivity index (χ0) is 9.97. The highest BCUT2D eigenvalue weighted by atomic mass is 19.1. The topological polar surface area (TPSA) is 33.4 Å². The molecule has 5 heteroatoms. The predicted octanol–water partition coefficient (Wildman–Crippen LogP) is 1.14. The van der Waals surface area contributed by atoms with Crippen LogP contribution in [0.3, 0.4) is 0 Å². The number of alkyl halides is 1. The maximum Gasteiger partial charge on any atom is 0.245 e. The van der Waals surface area contributed by atoms with Crippen molar-refractivity contribution in [2.24, 2.45) is 0 Å². The van der Waals surface area contributed by atoms with Gasteiger partial charge in [-0.05, 0) is 12.1 Å². The van der Waals surface area contributed by atoms with E-state index in [2.05, 4.69) is 10.1 Å². The Labute approximate surface area is 81.0 Å². The maximum absolute atomic E-state index is 12.1. The number of aromatic nitrogens is 3. The molecule has 0 radical (unpaired) electrons. The number of rotatable bonds is 3. The Bertz CT molecular complexity index is 392. The molecule has 0 atom stereocenters. The van der Waals surface area contributed by atoms with Crippen LogP contribution >= 0.6 is 0 Å². The van der Waals surface area contributed by atoms with Crippen LogP contribution in [0.25, 0.3) is 5.65 Å². The number of fused-ring (bicyclic) bond motifs is 1. The molecule has 0 aliphatic heterocycles. The summed E-state index contributed by atoms with van der Waals surface area (Å²) in [5.41, 5.74) is 0.771. The van der Waals surface area contributed by atoms with Crippen LogP contribution in [0.4, 0.5) is 10.3 Å². The highest BCUT2D eigenvalue weighted by Gasteiger charge is 2.06. The molecule has 0 saturated heterocycles. The number of hydrogen-bond acceptors (Lipinski definition) is 3. The van der Waals surface area contributed by atoms with Crippen LogP contribution in [-0.4, -0.2) is 34.9 Å². The zero-order valence-corrected chi connectivity index (χ0v) is 7.89. The van der Waals surface area contributed by atoms with Gasteiger partial charge in [0.15, 0.2) is 5.65 Å². The third-order valence-electron chi connectivity index (χ3n) is 1.99. The highest BCUT2D eigenvalue weighted by molar-refractivity contribution is 5.43. The number of anilines is 1. The minimum atomic E-state index is -0.397. The fourth-order valence-corrected chi connectivity index (χ4v) is 1.21. The van der Waals surface area contributed by atoms with Gasteiger partial charge in [-0.3, -0.25) is 0 Å². The Balaban J connectivity index is 2.35. The van der Waals surface area contributed by atoms with Gasteiger partial charge in [0.1, 0.15) is 6.67 Å². The van der Waals surface area contributed by atoms with Crippen molar-refractivity contribution in [2.75, 3.05) is 25.2 Å². The fraction of sp³-hybridized carbons (Fsp3) is 0.333. The van der Waals surface area contributed by atoms with E-state index in [1.165, 1.54) is 0 Å². The van der Waals surface area contributed by atoms with Crippen LogP contribution in [0.15, 0.2) is 24.4 Å². The van der Waals surface area contributed by atoms with Gasteiger partial charge in [-0.15, -0.1) is 5.10 Å². The van der Waals surface area contributed by atoms with Crippen molar-refractivity contribution in [2.45, 2.75) is 0 Å². The van der Waals surface area contributed by atoms with Crippen molar-refractivity contribution >= 4 is 11.6 Å². The molecule has 4 nitrogen and oxygen atoms in total. The van der Waals surface area contributed by atoms with Gasteiger partial charge in [-0.25, -0.2) is 8.91 Å². The first kappa shape index (κ1) is 8.93. The monoisotopic (exact) mass is 194 g/mol. The molecular weight excluding hydrogens is 183 g/mol. The average Bonchev–Trinajstić information content (AvgIpc) is 2.61. The molecule has 0 fully saturated rings. The lowest BCUT2D eigenvalue weighted by atomic mass is 10.5. The van der Waals surface area contributed by atoms with Crippen LogP contribution in [0, 0.1) is 0 Å². The van der Waals surface area contributed by atoms with Gasteiger partial charge in [0.05, 0.1) is 0 Å². The van der Waals surface area contributed by atoms with Crippen LogP contribution < -0.4 is 4.90 Å². The van der Waals surface area contributed by atoms with Crippen LogP contribution in [0.5, 0.6) is 0 Å². The molecule has 0 aliphatic rings. The zero-order valence-electron chi connectivity index (χ0n) is 7.89. The second kappa shape index (κ2) is 3.61. The van der Waals surface area contributed by atoms with E-state index < -0.39 is 6.67 Å². The van der Waals surface area contributed by atoms with E-state index in [0.717, 1.165) is 5.65 Å². The molecule has 2 heterocycles. The first-order valence-electron chi connectivity index (χ1n) is 4.40. The number of pyridine rings is 1. The molecule has 0 aromatic carbocycles. The quantitative estimate of drug-likeness (QED) is 0.734. The van der Waals surface area contributed by atoms with E-state index in [0.29, 0.717) is 12.5 Å². The summed E-state index contributed by atoms with van der Waals surface area (Å²) < 4.78 is 13.8. The standard InChI is InChI=1S/C9H11FN4/c1-13(7-5-10)9-11-8-4-2-3-6-14(8)12-9/h2-4,6H,5,7H2,1H3. The smallest absolute Gasteiger partial charge is 0.245 e. The highest BCUT2D eigenvalue weighted by Crippen LogP contribution is 2.07. The Hall–Kier alpha value is -1.65. The van der Waals surface area contributed by atoms with Crippen molar-refractivity contribution in [3.05, 3.63) is 24.4 Å². The van der Waals surface area contributed by atoms with Gasteiger partial charge in [0.2, 0.25) is 5.95 Å². The summed E-state index contributed by atoms with van der Waals surface area (Å²) in [7, 11) is 1.77. The summed E-state index contributed by atoms with van der Waals surface area (Å²) in [6.07, 6.45) is 1.81. The Kier molecular flexibility index (Phi) is 2.30. The SMILES string of the molecule is CN(CCF)c1nc2ccccn2n1. The third kappa shape index (κ3) is 1.53. The second-order valence-electron chi connectivity index (χ2n) is 3.03. The van der Waals surface area contributed by atoms with E-state index in [9.17, 15) is 4.39 Å². The van der Waals surface area contributed by atoms with Crippen LogP contribution in [0.1, 0.15) is 0 Å². The van der Waals surface area contributed by atoms with Crippen LogP contribution in [-0.2, 0) is 0 Å². The van der Waals surface area contributed by atoms with E-state index in [1.54, 1.807) is 16.5 Å². The molecule has 2 aromatic rings. The van der Waals surface area contributed by atoms with Crippen molar-refractivity contribution < 1.29 is 4.39 Å². The first-order chi connectivity index (χ1) is 6.81. The predicted molar refractivity (Wildman–Crippen MR) is 52.2 cm³/mol. The summed E-state index contributed by atoms with van der Waals surface area (Å²) in [5, 5.41) is 4.20. The number of hydrogen-bond donors (Lipinski definition) is 0. The normalized spacial score (nSPS) is 10.7. The molecule has 0 aliphatic carbocycles. The minimum absolute atomic E-state index is 0.316. The van der Waals surface area contributed by atoms with Gasteiger partial charge in [0.25, 0.3) is 0 Å². The van der Waals surface area contributed by atoms with Crippen molar-refractivity contribution in [3.8, 4) is 0 Å². The molecule has 2 rings (SSSR count). The van der Waals surface area contributed by atoms with Gasteiger partial charge in [-0.1, -0.05) is 6.07 Å². The lowest BCUT2D eigenvalue weighted by Gasteiger charge is -2.10. The Morgan fingerprint density at radius 2 is 2.36 bits per heavy atom. The summed E-state index contributed by atoms with van der Waals surface area (Å²) in [4.78, 5) is 5.93. The van der Waals surface area contributed by atoms with Gasteiger partial charge < -0.3 is 4.90 Å². The summed E-state index contributed by atoms with van der Waals surface area (Å²) >= 11 is 0. The second-order valence-corrected chi connectivity index (χ2v) is 3.03. The number of nitrogens with zero attached hydrogens (tertiary/aromatic N) is 4. The van der Waals surface area contributed by atoms with Crippen molar-refractivity contribution in [3.63, 3.8) is 0 Å².